The number of nitrogens with zero attached hydrogens (tertiary/aromatic N) is 1. The molecule has 3 heteroatoms. The normalized spacial score (nSPS) is 16.5. The van der Waals surface area contributed by atoms with E-state index in [0.29, 0.717) is 0 Å². The number of hydrogen-bond donors (Lipinski definition) is 1. The van der Waals surface area contributed by atoms with E-state index in [1.807, 2.05) is 7.05 Å². The number of rotatable bonds is 1. The van der Waals surface area contributed by atoms with Crippen LogP contribution in [0, 0.1) is 0 Å². The standard InChI is InChI=1S/C9H11BrN2/c1-11-12-5-7-2-3-9(10)4-8(7)6-12/h2-4,11H,5-6H2,1H3. The molecule has 0 amide bonds. The zero-order valence-corrected chi connectivity index (χ0v) is 8.56. The first-order valence-electron chi connectivity index (χ1n) is 3.99. The monoisotopic (exact) mass is 226 g/mol. The topological polar surface area (TPSA) is 15.3 Å². The van der Waals surface area contributed by atoms with Gasteiger partial charge in [-0.2, -0.15) is 0 Å². The van der Waals surface area contributed by atoms with Crippen LogP contribution in [0.2, 0.25) is 0 Å². The molecule has 2 rings (SSSR count). The van der Waals surface area contributed by atoms with Gasteiger partial charge in [0.15, 0.2) is 0 Å². The van der Waals surface area contributed by atoms with E-state index in [1.54, 1.807) is 0 Å². The van der Waals surface area contributed by atoms with E-state index in [4.69, 9.17) is 0 Å². The van der Waals surface area contributed by atoms with Crippen molar-refractivity contribution in [3.05, 3.63) is 33.8 Å². The number of benzene rings is 1. The Morgan fingerprint density at radius 2 is 2.08 bits per heavy atom. The zero-order valence-electron chi connectivity index (χ0n) is 6.97. The minimum absolute atomic E-state index is 1.01. The van der Waals surface area contributed by atoms with Gasteiger partial charge in [0, 0.05) is 17.6 Å². The summed E-state index contributed by atoms with van der Waals surface area (Å²) in [5.41, 5.74) is 5.99. The van der Waals surface area contributed by atoms with Crippen molar-refractivity contribution in [2.75, 3.05) is 7.05 Å². The maximum absolute atomic E-state index is 3.47. The second kappa shape index (κ2) is 3.17. The summed E-state index contributed by atoms with van der Waals surface area (Å²) in [6.45, 7) is 2.02. The molecule has 0 unspecified atom stereocenters. The van der Waals surface area contributed by atoms with Gasteiger partial charge in [0.05, 0.1) is 0 Å². The molecule has 1 N–H and O–H groups in total. The van der Waals surface area contributed by atoms with Gasteiger partial charge in [0.25, 0.3) is 0 Å². The second-order valence-electron chi connectivity index (χ2n) is 2.99. The number of nitrogens with one attached hydrogen (secondary N) is 1. The molecule has 0 bridgehead atoms. The minimum Gasteiger partial charge on any atom is -0.258 e. The van der Waals surface area contributed by atoms with E-state index < -0.39 is 0 Å². The van der Waals surface area contributed by atoms with Crippen molar-refractivity contribution >= 4 is 15.9 Å². The molecule has 0 atom stereocenters. The van der Waals surface area contributed by atoms with Crippen LogP contribution in [0.4, 0.5) is 0 Å². The van der Waals surface area contributed by atoms with Gasteiger partial charge in [-0.15, -0.1) is 0 Å². The lowest BCUT2D eigenvalue weighted by Gasteiger charge is -2.11. The highest BCUT2D eigenvalue weighted by molar-refractivity contribution is 9.10. The lowest BCUT2D eigenvalue weighted by molar-refractivity contribution is 0.212. The van der Waals surface area contributed by atoms with Crippen LogP contribution >= 0.6 is 15.9 Å². The van der Waals surface area contributed by atoms with Crippen molar-refractivity contribution in [2.45, 2.75) is 13.1 Å². The van der Waals surface area contributed by atoms with Crippen molar-refractivity contribution in [3.8, 4) is 0 Å². The van der Waals surface area contributed by atoms with Crippen LogP contribution in [-0.2, 0) is 13.1 Å². The van der Waals surface area contributed by atoms with Crippen molar-refractivity contribution in [2.24, 2.45) is 0 Å². The van der Waals surface area contributed by atoms with Gasteiger partial charge >= 0.3 is 0 Å². The minimum atomic E-state index is 1.01. The Labute approximate surface area is 80.7 Å². The summed E-state index contributed by atoms with van der Waals surface area (Å²) < 4.78 is 1.17. The molecule has 1 aliphatic heterocycles. The van der Waals surface area contributed by atoms with E-state index in [1.165, 1.54) is 15.6 Å². The Kier molecular flexibility index (Phi) is 2.17. The molecule has 1 aromatic rings. The molecular weight excluding hydrogens is 216 g/mol. The molecule has 0 aromatic heterocycles. The fourth-order valence-electron chi connectivity index (χ4n) is 1.52. The summed E-state index contributed by atoms with van der Waals surface area (Å²) in [6, 6.07) is 6.46. The van der Waals surface area contributed by atoms with Crippen LogP contribution in [0.25, 0.3) is 0 Å². The molecule has 0 spiro atoms. The van der Waals surface area contributed by atoms with Gasteiger partial charge in [-0.1, -0.05) is 22.0 Å². The fourth-order valence-corrected chi connectivity index (χ4v) is 1.93. The van der Waals surface area contributed by atoms with Crippen molar-refractivity contribution < 1.29 is 0 Å². The molecular formula is C9H11BrN2. The van der Waals surface area contributed by atoms with E-state index in [2.05, 4.69) is 44.6 Å². The second-order valence-corrected chi connectivity index (χ2v) is 3.91. The molecule has 0 saturated heterocycles. The number of hydrogen-bond acceptors (Lipinski definition) is 2. The fraction of sp³-hybridized carbons (Fsp3) is 0.333. The SMILES string of the molecule is CNN1Cc2ccc(Br)cc2C1. The van der Waals surface area contributed by atoms with Gasteiger partial charge < -0.3 is 0 Å². The van der Waals surface area contributed by atoms with Crippen LogP contribution in [0.15, 0.2) is 22.7 Å². The highest BCUT2D eigenvalue weighted by Crippen LogP contribution is 2.24. The summed E-state index contributed by atoms with van der Waals surface area (Å²) in [5, 5.41) is 2.19. The molecule has 1 aromatic carbocycles. The molecule has 64 valence electrons. The van der Waals surface area contributed by atoms with Crippen LogP contribution in [0.5, 0.6) is 0 Å². The molecule has 0 saturated carbocycles. The predicted molar refractivity (Wildman–Crippen MR) is 52.4 cm³/mol. The van der Waals surface area contributed by atoms with Crippen molar-refractivity contribution in [1.82, 2.24) is 10.4 Å². The van der Waals surface area contributed by atoms with E-state index >= 15 is 0 Å². The zero-order chi connectivity index (χ0) is 8.55. The summed E-state index contributed by atoms with van der Waals surface area (Å²) in [4.78, 5) is 0. The summed E-state index contributed by atoms with van der Waals surface area (Å²) in [7, 11) is 1.96. The number of halogens is 1. The Bertz CT molecular complexity index is 299. The van der Waals surface area contributed by atoms with Crippen molar-refractivity contribution in [1.29, 1.82) is 0 Å². The van der Waals surface area contributed by atoms with Crippen molar-refractivity contribution in [3.63, 3.8) is 0 Å². The third-order valence-corrected chi connectivity index (χ3v) is 2.70. The first kappa shape index (κ1) is 8.23. The Hall–Kier alpha value is -0.380. The summed E-state index contributed by atoms with van der Waals surface area (Å²) in [5.74, 6) is 0. The maximum atomic E-state index is 3.47. The van der Waals surface area contributed by atoms with E-state index in [-0.39, 0.29) is 0 Å². The molecule has 1 aliphatic rings. The van der Waals surface area contributed by atoms with E-state index in [0.717, 1.165) is 13.1 Å². The first-order valence-corrected chi connectivity index (χ1v) is 4.78. The van der Waals surface area contributed by atoms with E-state index in [9.17, 15) is 0 Å². The summed E-state index contributed by atoms with van der Waals surface area (Å²) >= 11 is 3.47. The smallest absolute Gasteiger partial charge is 0.0389 e. The summed E-state index contributed by atoms with van der Waals surface area (Å²) in [6.07, 6.45) is 0. The van der Waals surface area contributed by atoms with Crippen LogP contribution in [0.3, 0.4) is 0 Å². The largest absolute Gasteiger partial charge is 0.258 e. The van der Waals surface area contributed by atoms with Gasteiger partial charge in [0.1, 0.15) is 0 Å². The highest BCUT2D eigenvalue weighted by atomic mass is 79.9. The molecule has 2 nitrogen and oxygen atoms in total. The predicted octanol–water partition coefficient (Wildman–Crippen LogP) is 1.90. The third kappa shape index (κ3) is 1.40. The number of hydrazine groups is 1. The molecule has 12 heavy (non-hydrogen) atoms. The lowest BCUT2D eigenvalue weighted by atomic mass is 10.1. The maximum Gasteiger partial charge on any atom is 0.0389 e. The lowest BCUT2D eigenvalue weighted by Crippen LogP contribution is -2.29. The molecule has 0 radical (unpaired) electrons. The average Bonchev–Trinajstić information content (AvgIpc) is 2.46. The Morgan fingerprint density at radius 1 is 1.33 bits per heavy atom. The van der Waals surface area contributed by atoms with Crippen LogP contribution < -0.4 is 5.43 Å². The molecule has 0 aliphatic carbocycles. The quantitative estimate of drug-likeness (QED) is 0.788. The van der Waals surface area contributed by atoms with Gasteiger partial charge in [-0.05, 0) is 30.3 Å². The Balaban J connectivity index is 2.30. The Morgan fingerprint density at radius 3 is 2.83 bits per heavy atom. The first-order chi connectivity index (χ1) is 5.79. The average molecular weight is 227 g/mol. The van der Waals surface area contributed by atoms with Gasteiger partial charge in [-0.25, -0.2) is 5.01 Å². The van der Waals surface area contributed by atoms with Gasteiger partial charge in [-0.3, -0.25) is 5.43 Å². The van der Waals surface area contributed by atoms with Crippen LogP contribution in [-0.4, -0.2) is 12.1 Å². The number of fused-ring (bicyclic) bond motifs is 1. The third-order valence-electron chi connectivity index (χ3n) is 2.21. The molecule has 1 heterocycles. The van der Waals surface area contributed by atoms with Gasteiger partial charge in [0.2, 0.25) is 0 Å². The highest BCUT2D eigenvalue weighted by Gasteiger charge is 2.16. The van der Waals surface area contributed by atoms with Crippen LogP contribution in [0.1, 0.15) is 11.1 Å². The molecule has 0 fully saturated rings.